The second kappa shape index (κ2) is 5.88. The highest BCUT2D eigenvalue weighted by atomic mass is 35.5. The van der Waals surface area contributed by atoms with Crippen molar-refractivity contribution in [3.05, 3.63) is 46.2 Å². The number of aromatic nitrogens is 2. The average Bonchev–Trinajstić information content (AvgIpc) is 2.37. The van der Waals surface area contributed by atoms with Crippen LogP contribution in [0.5, 0.6) is 5.75 Å². The van der Waals surface area contributed by atoms with Crippen molar-refractivity contribution >= 4 is 23.5 Å². The molecule has 1 aromatic carbocycles. The minimum Gasteiger partial charge on any atom is -0.496 e. The molecule has 0 bridgehead atoms. The Morgan fingerprint density at radius 1 is 1.25 bits per heavy atom. The van der Waals surface area contributed by atoms with Gasteiger partial charge in [-0.15, -0.1) is 0 Å². The number of rotatable bonds is 3. The zero-order chi connectivity index (χ0) is 14.7. The SMILES string of the molecule is COc1ccc(C)cc1C(=O)Nc1nc(C)cc(Cl)n1. The van der Waals surface area contributed by atoms with Crippen LogP contribution >= 0.6 is 11.6 Å². The predicted octanol–water partition coefficient (Wildman–Crippen LogP) is 3.01. The summed E-state index contributed by atoms with van der Waals surface area (Å²) in [6.45, 7) is 3.67. The molecule has 2 rings (SSSR count). The number of nitrogens with zero attached hydrogens (tertiary/aromatic N) is 2. The lowest BCUT2D eigenvalue weighted by Crippen LogP contribution is -2.15. The summed E-state index contributed by atoms with van der Waals surface area (Å²) in [6, 6.07) is 6.97. The van der Waals surface area contributed by atoms with Crippen LogP contribution < -0.4 is 10.1 Å². The maximum atomic E-state index is 12.3. The Balaban J connectivity index is 2.30. The molecule has 6 heteroatoms. The van der Waals surface area contributed by atoms with E-state index in [0.29, 0.717) is 17.0 Å². The molecule has 0 aliphatic heterocycles. The molecule has 0 aliphatic carbocycles. The smallest absolute Gasteiger partial charge is 0.261 e. The van der Waals surface area contributed by atoms with Crippen LogP contribution in [0, 0.1) is 13.8 Å². The topological polar surface area (TPSA) is 64.1 Å². The highest BCUT2D eigenvalue weighted by Crippen LogP contribution is 2.20. The number of nitrogens with one attached hydrogen (secondary N) is 1. The number of anilines is 1. The Morgan fingerprint density at radius 3 is 2.65 bits per heavy atom. The summed E-state index contributed by atoms with van der Waals surface area (Å²) in [4.78, 5) is 20.3. The Kier molecular flexibility index (Phi) is 4.20. The van der Waals surface area contributed by atoms with Gasteiger partial charge < -0.3 is 4.74 Å². The number of halogens is 1. The summed E-state index contributed by atoms with van der Waals surface area (Å²) in [5, 5.41) is 2.90. The molecule has 1 N–H and O–H groups in total. The molecule has 0 fully saturated rings. The van der Waals surface area contributed by atoms with E-state index >= 15 is 0 Å². The highest BCUT2D eigenvalue weighted by Gasteiger charge is 2.14. The van der Waals surface area contributed by atoms with E-state index in [1.807, 2.05) is 13.0 Å². The number of aryl methyl sites for hydroxylation is 2. The van der Waals surface area contributed by atoms with Crippen molar-refractivity contribution in [2.45, 2.75) is 13.8 Å². The van der Waals surface area contributed by atoms with Gasteiger partial charge in [0.1, 0.15) is 10.9 Å². The molecule has 20 heavy (non-hydrogen) atoms. The van der Waals surface area contributed by atoms with Gasteiger partial charge >= 0.3 is 0 Å². The Morgan fingerprint density at radius 2 is 2.00 bits per heavy atom. The number of hydrogen-bond donors (Lipinski definition) is 1. The second-order valence-corrected chi connectivity index (χ2v) is 4.70. The number of carbonyl (C=O) groups excluding carboxylic acids is 1. The molecule has 0 aliphatic rings. The minimum absolute atomic E-state index is 0.170. The summed E-state index contributed by atoms with van der Waals surface area (Å²) >= 11 is 5.84. The van der Waals surface area contributed by atoms with Crippen LogP contribution in [0.3, 0.4) is 0 Å². The number of methoxy groups -OCH3 is 1. The molecule has 1 aromatic heterocycles. The molecule has 0 atom stereocenters. The van der Waals surface area contributed by atoms with E-state index in [1.54, 1.807) is 25.1 Å². The first-order valence-electron chi connectivity index (χ1n) is 5.97. The highest BCUT2D eigenvalue weighted by molar-refractivity contribution is 6.29. The maximum absolute atomic E-state index is 12.3. The second-order valence-electron chi connectivity index (χ2n) is 4.31. The Labute approximate surface area is 122 Å². The van der Waals surface area contributed by atoms with E-state index in [0.717, 1.165) is 5.56 Å². The molecule has 0 radical (unpaired) electrons. The molecule has 0 saturated heterocycles. The lowest BCUT2D eigenvalue weighted by molar-refractivity contribution is 0.102. The van der Waals surface area contributed by atoms with Crippen molar-refractivity contribution in [3.63, 3.8) is 0 Å². The quantitative estimate of drug-likeness (QED) is 0.883. The lowest BCUT2D eigenvalue weighted by Gasteiger charge is -2.09. The third-order valence-corrected chi connectivity index (χ3v) is 2.84. The summed E-state index contributed by atoms with van der Waals surface area (Å²) in [5.41, 5.74) is 2.06. The zero-order valence-electron chi connectivity index (χ0n) is 11.4. The van der Waals surface area contributed by atoms with Gasteiger partial charge in [0.25, 0.3) is 5.91 Å². The normalized spacial score (nSPS) is 10.2. The number of amides is 1. The summed E-state index contributed by atoms with van der Waals surface area (Å²) in [5.74, 6) is 0.322. The number of benzene rings is 1. The van der Waals surface area contributed by atoms with Gasteiger partial charge in [-0.1, -0.05) is 23.2 Å². The third kappa shape index (κ3) is 3.24. The molecule has 5 nitrogen and oxygen atoms in total. The molecule has 104 valence electrons. The average molecular weight is 292 g/mol. The van der Waals surface area contributed by atoms with Crippen LogP contribution in [-0.2, 0) is 0 Å². The fourth-order valence-corrected chi connectivity index (χ4v) is 1.99. The van der Waals surface area contributed by atoms with Gasteiger partial charge in [0.05, 0.1) is 12.7 Å². The first-order valence-corrected chi connectivity index (χ1v) is 6.34. The van der Waals surface area contributed by atoms with Crippen LogP contribution in [0.25, 0.3) is 0 Å². The molecule has 1 amide bonds. The molecular formula is C14H14ClN3O2. The fraction of sp³-hybridized carbons (Fsp3) is 0.214. The molecule has 1 heterocycles. The third-order valence-electron chi connectivity index (χ3n) is 2.65. The van der Waals surface area contributed by atoms with Crippen molar-refractivity contribution < 1.29 is 9.53 Å². The van der Waals surface area contributed by atoms with Gasteiger partial charge in [-0.2, -0.15) is 0 Å². The van der Waals surface area contributed by atoms with E-state index < -0.39 is 0 Å². The van der Waals surface area contributed by atoms with Gasteiger partial charge in [-0.3, -0.25) is 10.1 Å². The van der Waals surface area contributed by atoms with Gasteiger partial charge in [-0.25, -0.2) is 9.97 Å². The van der Waals surface area contributed by atoms with E-state index in [2.05, 4.69) is 15.3 Å². The van der Waals surface area contributed by atoms with Crippen LogP contribution in [0.1, 0.15) is 21.6 Å². The van der Waals surface area contributed by atoms with E-state index in [1.165, 1.54) is 7.11 Å². The first-order chi connectivity index (χ1) is 9.49. The number of carbonyl (C=O) groups is 1. The fourth-order valence-electron chi connectivity index (χ4n) is 1.75. The van der Waals surface area contributed by atoms with Crippen LogP contribution in [0.15, 0.2) is 24.3 Å². The standard InChI is InChI=1S/C14H14ClN3O2/c1-8-4-5-11(20-3)10(6-8)13(19)18-14-16-9(2)7-12(15)17-14/h4-7H,1-3H3,(H,16,17,18,19). The first kappa shape index (κ1) is 14.3. The van der Waals surface area contributed by atoms with E-state index in [4.69, 9.17) is 16.3 Å². The van der Waals surface area contributed by atoms with Crippen LogP contribution in [-0.4, -0.2) is 23.0 Å². The maximum Gasteiger partial charge on any atom is 0.261 e. The van der Waals surface area contributed by atoms with Crippen molar-refractivity contribution in [2.24, 2.45) is 0 Å². The molecular weight excluding hydrogens is 278 g/mol. The van der Waals surface area contributed by atoms with Crippen molar-refractivity contribution in [2.75, 3.05) is 12.4 Å². The Bertz CT molecular complexity index is 639. The van der Waals surface area contributed by atoms with Crippen LogP contribution in [0.2, 0.25) is 5.15 Å². The molecule has 2 aromatic rings. The van der Waals surface area contributed by atoms with Gasteiger partial charge in [0.2, 0.25) is 5.95 Å². The van der Waals surface area contributed by atoms with Crippen molar-refractivity contribution in [1.29, 1.82) is 0 Å². The van der Waals surface area contributed by atoms with Crippen molar-refractivity contribution in [3.8, 4) is 5.75 Å². The number of ether oxygens (including phenoxy) is 1. The van der Waals surface area contributed by atoms with Crippen LogP contribution in [0.4, 0.5) is 5.95 Å². The van der Waals surface area contributed by atoms with Gasteiger partial charge in [-0.05, 0) is 32.0 Å². The molecule has 0 spiro atoms. The Hall–Kier alpha value is -2.14. The van der Waals surface area contributed by atoms with E-state index in [9.17, 15) is 4.79 Å². The zero-order valence-corrected chi connectivity index (χ0v) is 12.2. The summed E-state index contributed by atoms with van der Waals surface area (Å²) < 4.78 is 5.18. The number of hydrogen-bond acceptors (Lipinski definition) is 4. The predicted molar refractivity (Wildman–Crippen MR) is 77.5 cm³/mol. The summed E-state index contributed by atoms with van der Waals surface area (Å²) in [7, 11) is 1.52. The largest absolute Gasteiger partial charge is 0.496 e. The van der Waals surface area contributed by atoms with E-state index in [-0.39, 0.29) is 17.0 Å². The summed E-state index contributed by atoms with van der Waals surface area (Å²) in [6.07, 6.45) is 0. The van der Waals surface area contributed by atoms with Crippen molar-refractivity contribution in [1.82, 2.24) is 9.97 Å². The minimum atomic E-state index is -0.341. The molecule has 0 saturated carbocycles. The van der Waals surface area contributed by atoms with Gasteiger partial charge in [0, 0.05) is 5.69 Å². The monoisotopic (exact) mass is 291 g/mol. The van der Waals surface area contributed by atoms with Gasteiger partial charge in [0.15, 0.2) is 0 Å². The lowest BCUT2D eigenvalue weighted by atomic mass is 10.1. The molecule has 0 unspecified atom stereocenters.